The highest BCUT2D eigenvalue weighted by Gasteiger charge is 2.11. The smallest absolute Gasteiger partial charge is 0.126 e. The first-order valence-electron chi connectivity index (χ1n) is 4.50. The summed E-state index contributed by atoms with van der Waals surface area (Å²) in [5.41, 5.74) is 0. The molecular weight excluding hydrogens is 143 g/mol. The zero-order valence-electron chi connectivity index (χ0n) is 7.52. The second-order valence-electron chi connectivity index (χ2n) is 3.11. The van der Waals surface area contributed by atoms with E-state index in [1.54, 1.807) is 0 Å². The standard InChI is InChI=1S/C9H19FO/c1-3-4-5-6-7-9(10)8(2)11/h8-9,11H,3-7H2,1-2H3/t8-,9+/m1/s1. The summed E-state index contributed by atoms with van der Waals surface area (Å²) in [6.07, 6.45) is 3.03. The Hall–Kier alpha value is -0.110. The molecule has 0 heterocycles. The maximum atomic E-state index is 12.7. The van der Waals surface area contributed by atoms with Gasteiger partial charge >= 0.3 is 0 Å². The van der Waals surface area contributed by atoms with E-state index < -0.39 is 12.3 Å². The summed E-state index contributed by atoms with van der Waals surface area (Å²) in [6, 6.07) is 0. The van der Waals surface area contributed by atoms with Crippen LogP contribution in [-0.2, 0) is 0 Å². The Morgan fingerprint density at radius 3 is 2.36 bits per heavy atom. The van der Waals surface area contributed by atoms with Crippen molar-refractivity contribution in [3.63, 3.8) is 0 Å². The van der Waals surface area contributed by atoms with Crippen LogP contribution in [0.2, 0.25) is 0 Å². The molecule has 0 aromatic heterocycles. The molecule has 0 spiro atoms. The molecule has 1 N–H and O–H groups in total. The van der Waals surface area contributed by atoms with Crippen LogP contribution in [0.25, 0.3) is 0 Å². The Morgan fingerprint density at radius 2 is 1.91 bits per heavy atom. The molecule has 0 amide bonds. The number of halogens is 1. The molecule has 2 heteroatoms. The minimum atomic E-state index is -1.02. The van der Waals surface area contributed by atoms with E-state index in [4.69, 9.17) is 5.11 Å². The van der Waals surface area contributed by atoms with E-state index in [-0.39, 0.29) is 0 Å². The monoisotopic (exact) mass is 162 g/mol. The van der Waals surface area contributed by atoms with Crippen LogP contribution < -0.4 is 0 Å². The summed E-state index contributed by atoms with van der Waals surface area (Å²) in [4.78, 5) is 0. The van der Waals surface area contributed by atoms with Crippen LogP contribution in [0, 0.1) is 0 Å². The lowest BCUT2D eigenvalue weighted by Gasteiger charge is -2.09. The molecule has 0 bridgehead atoms. The molecule has 0 aromatic carbocycles. The number of aliphatic hydroxyl groups excluding tert-OH is 1. The SMILES string of the molecule is CCCCCC[C@H](F)[C@@H](C)O. The van der Waals surface area contributed by atoms with Gasteiger partial charge in [0.1, 0.15) is 6.17 Å². The van der Waals surface area contributed by atoms with Crippen LogP contribution in [0.4, 0.5) is 4.39 Å². The molecule has 0 aromatic rings. The van der Waals surface area contributed by atoms with Crippen LogP contribution >= 0.6 is 0 Å². The van der Waals surface area contributed by atoms with Gasteiger partial charge in [-0.05, 0) is 13.3 Å². The molecular formula is C9H19FO. The summed E-state index contributed by atoms with van der Waals surface area (Å²) in [6.45, 7) is 3.63. The lowest BCUT2D eigenvalue weighted by molar-refractivity contribution is 0.0859. The van der Waals surface area contributed by atoms with Crippen LogP contribution in [-0.4, -0.2) is 17.4 Å². The van der Waals surface area contributed by atoms with Gasteiger partial charge in [-0.1, -0.05) is 32.6 Å². The van der Waals surface area contributed by atoms with E-state index in [2.05, 4.69) is 6.92 Å². The molecule has 68 valence electrons. The van der Waals surface area contributed by atoms with E-state index >= 15 is 0 Å². The predicted molar refractivity (Wildman–Crippen MR) is 45.3 cm³/mol. The minimum absolute atomic E-state index is 0.512. The average Bonchev–Trinajstić information content (AvgIpc) is 1.97. The highest BCUT2D eigenvalue weighted by molar-refractivity contribution is 4.61. The molecule has 0 fully saturated rings. The molecule has 0 saturated carbocycles. The zero-order chi connectivity index (χ0) is 8.69. The molecule has 0 radical (unpaired) electrons. The normalized spacial score (nSPS) is 16.4. The molecule has 2 atom stereocenters. The Kier molecular flexibility index (Phi) is 6.52. The predicted octanol–water partition coefficient (Wildman–Crippen LogP) is 2.68. The van der Waals surface area contributed by atoms with Crippen molar-refractivity contribution in [2.24, 2.45) is 0 Å². The van der Waals surface area contributed by atoms with E-state index in [0.29, 0.717) is 6.42 Å². The molecule has 0 aliphatic rings. The third kappa shape index (κ3) is 6.29. The summed E-state index contributed by atoms with van der Waals surface area (Å²) in [7, 11) is 0. The first-order chi connectivity index (χ1) is 5.18. The van der Waals surface area contributed by atoms with Gasteiger partial charge in [-0.25, -0.2) is 4.39 Å². The molecule has 1 nitrogen and oxygen atoms in total. The molecule has 11 heavy (non-hydrogen) atoms. The van der Waals surface area contributed by atoms with E-state index in [0.717, 1.165) is 12.8 Å². The molecule has 0 aliphatic carbocycles. The number of hydrogen-bond donors (Lipinski definition) is 1. The molecule has 0 rings (SSSR count). The number of unbranched alkanes of at least 4 members (excludes halogenated alkanes) is 3. The van der Waals surface area contributed by atoms with Gasteiger partial charge in [0.2, 0.25) is 0 Å². The zero-order valence-corrected chi connectivity index (χ0v) is 7.52. The van der Waals surface area contributed by atoms with Gasteiger partial charge in [-0.3, -0.25) is 0 Å². The second kappa shape index (κ2) is 6.59. The minimum Gasteiger partial charge on any atom is -0.390 e. The fourth-order valence-corrected chi connectivity index (χ4v) is 1.01. The summed E-state index contributed by atoms with van der Waals surface area (Å²) in [5.74, 6) is 0. The lowest BCUT2D eigenvalue weighted by Crippen LogP contribution is -2.17. The Bertz CT molecular complexity index is 83.6. The van der Waals surface area contributed by atoms with E-state index in [9.17, 15) is 4.39 Å². The molecule has 0 aliphatic heterocycles. The van der Waals surface area contributed by atoms with Crippen molar-refractivity contribution in [2.45, 2.75) is 58.2 Å². The average molecular weight is 162 g/mol. The Balaban J connectivity index is 3.10. The fraction of sp³-hybridized carbons (Fsp3) is 1.00. The number of hydrogen-bond acceptors (Lipinski definition) is 1. The van der Waals surface area contributed by atoms with Gasteiger partial charge in [0.15, 0.2) is 0 Å². The van der Waals surface area contributed by atoms with Gasteiger partial charge in [0, 0.05) is 0 Å². The van der Waals surface area contributed by atoms with Crippen LogP contribution in [0.5, 0.6) is 0 Å². The van der Waals surface area contributed by atoms with Crippen LogP contribution in [0.15, 0.2) is 0 Å². The third-order valence-corrected chi connectivity index (χ3v) is 1.86. The number of aliphatic hydroxyl groups is 1. The van der Waals surface area contributed by atoms with Crippen molar-refractivity contribution in [2.75, 3.05) is 0 Å². The Morgan fingerprint density at radius 1 is 1.27 bits per heavy atom. The first kappa shape index (κ1) is 10.9. The van der Waals surface area contributed by atoms with Gasteiger partial charge in [0.05, 0.1) is 6.10 Å². The van der Waals surface area contributed by atoms with E-state index in [1.807, 2.05) is 0 Å². The first-order valence-corrected chi connectivity index (χ1v) is 4.50. The van der Waals surface area contributed by atoms with Gasteiger partial charge in [0.25, 0.3) is 0 Å². The maximum absolute atomic E-state index is 12.7. The largest absolute Gasteiger partial charge is 0.390 e. The topological polar surface area (TPSA) is 20.2 Å². The van der Waals surface area contributed by atoms with Crippen LogP contribution in [0.3, 0.4) is 0 Å². The van der Waals surface area contributed by atoms with Crippen molar-refractivity contribution in [3.05, 3.63) is 0 Å². The van der Waals surface area contributed by atoms with Crippen molar-refractivity contribution in [3.8, 4) is 0 Å². The summed E-state index contributed by atoms with van der Waals surface area (Å²) >= 11 is 0. The number of rotatable bonds is 6. The quantitative estimate of drug-likeness (QED) is 0.595. The van der Waals surface area contributed by atoms with Crippen molar-refractivity contribution >= 4 is 0 Å². The molecule has 0 saturated heterocycles. The highest BCUT2D eigenvalue weighted by atomic mass is 19.1. The Labute approximate surface area is 68.6 Å². The highest BCUT2D eigenvalue weighted by Crippen LogP contribution is 2.10. The molecule has 0 unspecified atom stereocenters. The van der Waals surface area contributed by atoms with Crippen molar-refractivity contribution in [1.29, 1.82) is 0 Å². The van der Waals surface area contributed by atoms with E-state index in [1.165, 1.54) is 19.8 Å². The van der Waals surface area contributed by atoms with Crippen LogP contribution in [0.1, 0.15) is 46.0 Å². The summed E-state index contributed by atoms with van der Waals surface area (Å²) < 4.78 is 12.7. The van der Waals surface area contributed by atoms with Gasteiger partial charge in [-0.2, -0.15) is 0 Å². The van der Waals surface area contributed by atoms with Crippen molar-refractivity contribution < 1.29 is 9.50 Å². The van der Waals surface area contributed by atoms with Gasteiger partial charge in [-0.15, -0.1) is 0 Å². The third-order valence-electron chi connectivity index (χ3n) is 1.86. The maximum Gasteiger partial charge on any atom is 0.126 e. The number of alkyl halides is 1. The van der Waals surface area contributed by atoms with Crippen molar-refractivity contribution in [1.82, 2.24) is 0 Å². The fourth-order valence-electron chi connectivity index (χ4n) is 1.01. The summed E-state index contributed by atoms with van der Waals surface area (Å²) in [5, 5.41) is 8.80. The van der Waals surface area contributed by atoms with Gasteiger partial charge < -0.3 is 5.11 Å². The second-order valence-corrected chi connectivity index (χ2v) is 3.11. The lowest BCUT2D eigenvalue weighted by atomic mass is 10.1.